The fourth-order valence-corrected chi connectivity index (χ4v) is 2.41. The van der Waals surface area contributed by atoms with E-state index in [1.807, 2.05) is 47.0 Å². The van der Waals surface area contributed by atoms with Crippen LogP contribution in [-0.4, -0.2) is 28.7 Å². The van der Waals surface area contributed by atoms with E-state index in [4.69, 9.17) is 9.47 Å². The van der Waals surface area contributed by atoms with Crippen molar-refractivity contribution in [3.05, 3.63) is 48.3 Å². The Kier molecular flexibility index (Phi) is 3.50. The molecule has 0 atom stereocenters. The van der Waals surface area contributed by atoms with E-state index < -0.39 is 0 Å². The third-order valence-corrected chi connectivity index (χ3v) is 3.44. The molecule has 5 nitrogen and oxygen atoms in total. The lowest BCUT2D eigenvalue weighted by Crippen LogP contribution is -1.95. The van der Waals surface area contributed by atoms with E-state index in [-0.39, 0.29) is 6.61 Å². The van der Waals surface area contributed by atoms with Crippen LogP contribution in [0.15, 0.2) is 42.6 Å². The highest BCUT2D eigenvalue weighted by Gasteiger charge is 2.15. The number of aliphatic hydroxyl groups excluding tert-OH is 1. The highest BCUT2D eigenvalue weighted by Crippen LogP contribution is 2.33. The summed E-state index contributed by atoms with van der Waals surface area (Å²) in [6.07, 6.45) is 1.89. The maximum atomic E-state index is 9.68. The lowest BCUT2D eigenvalue weighted by molar-refractivity contribution is 0.276. The molecule has 21 heavy (non-hydrogen) atoms. The van der Waals surface area contributed by atoms with Gasteiger partial charge in [-0.15, -0.1) is 0 Å². The Balaban J connectivity index is 2.20. The number of hydrogen-bond acceptors (Lipinski definition) is 4. The summed E-state index contributed by atoms with van der Waals surface area (Å²) in [5, 5.41) is 9.68. The molecule has 2 heterocycles. The smallest absolute Gasteiger partial charge is 0.161 e. The topological polar surface area (TPSA) is 56.0 Å². The Hall–Kier alpha value is -2.53. The summed E-state index contributed by atoms with van der Waals surface area (Å²) >= 11 is 0. The van der Waals surface area contributed by atoms with E-state index in [1.165, 1.54) is 0 Å². The van der Waals surface area contributed by atoms with Crippen LogP contribution in [0.4, 0.5) is 0 Å². The number of methoxy groups -OCH3 is 2. The van der Waals surface area contributed by atoms with Crippen LogP contribution in [0.25, 0.3) is 16.9 Å². The van der Waals surface area contributed by atoms with Crippen LogP contribution in [0.5, 0.6) is 11.5 Å². The van der Waals surface area contributed by atoms with E-state index >= 15 is 0 Å². The van der Waals surface area contributed by atoms with Gasteiger partial charge >= 0.3 is 0 Å². The number of benzene rings is 1. The van der Waals surface area contributed by atoms with E-state index in [0.717, 1.165) is 22.6 Å². The first kappa shape index (κ1) is 13.5. The molecule has 0 aliphatic carbocycles. The van der Waals surface area contributed by atoms with Gasteiger partial charge in [0.05, 0.1) is 32.2 Å². The van der Waals surface area contributed by atoms with Crippen molar-refractivity contribution in [2.75, 3.05) is 14.2 Å². The maximum absolute atomic E-state index is 9.68. The first-order valence-electron chi connectivity index (χ1n) is 6.57. The van der Waals surface area contributed by atoms with Crippen LogP contribution in [0.2, 0.25) is 0 Å². The fraction of sp³-hybridized carbons (Fsp3) is 0.188. The number of fused-ring (bicyclic) bond motifs is 1. The number of nitrogens with zero attached hydrogens (tertiary/aromatic N) is 2. The van der Waals surface area contributed by atoms with Crippen molar-refractivity contribution in [2.45, 2.75) is 6.61 Å². The largest absolute Gasteiger partial charge is 0.493 e. The van der Waals surface area contributed by atoms with Crippen molar-refractivity contribution in [3.8, 4) is 22.8 Å². The first-order valence-corrected chi connectivity index (χ1v) is 6.57. The SMILES string of the molecule is COc1ccc(-c2nc3ccccn3c2CO)cc1OC. The highest BCUT2D eigenvalue weighted by molar-refractivity contribution is 5.69. The van der Waals surface area contributed by atoms with Crippen LogP contribution in [0, 0.1) is 0 Å². The minimum Gasteiger partial charge on any atom is -0.493 e. The van der Waals surface area contributed by atoms with Crippen LogP contribution in [0.1, 0.15) is 5.69 Å². The number of aromatic nitrogens is 2. The molecule has 0 radical (unpaired) electrons. The van der Waals surface area contributed by atoms with Crippen molar-refractivity contribution < 1.29 is 14.6 Å². The number of rotatable bonds is 4. The molecule has 3 aromatic rings. The molecule has 2 aromatic heterocycles. The van der Waals surface area contributed by atoms with Crippen LogP contribution < -0.4 is 9.47 Å². The molecule has 0 spiro atoms. The zero-order chi connectivity index (χ0) is 14.8. The lowest BCUT2D eigenvalue weighted by Gasteiger charge is -2.09. The van der Waals surface area contributed by atoms with Gasteiger partial charge in [0.2, 0.25) is 0 Å². The van der Waals surface area contributed by atoms with E-state index in [2.05, 4.69) is 4.98 Å². The number of pyridine rings is 1. The summed E-state index contributed by atoms with van der Waals surface area (Å²) in [6, 6.07) is 11.3. The van der Waals surface area contributed by atoms with Crippen molar-refractivity contribution in [3.63, 3.8) is 0 Å². The Labute approximate surface area is 122 Å². The summed E-state index contributed by atoms with van der Waals surface area (Å²) in [4.78, 5) is 4.59. The minimum atomic E-state index is -0.0884. The van der Waals surface area contributed by atoms with Gasteiger partial charge in [0.15, 0.2) is 11.5 Å². The van der Waals surface area contributed by atoms with Crippen molar-refractivity contribution >= 4 is 5.65 Å². The predicted molar refractivity (Wildman–Crippen MR) is 79.7 cm³/mol. The second kappa shape index (κ2) is 5.46. The van der Waals surface area contributed by atoms with Crippen LogP contribution >= 0.6 is 0 Å². The van der Waals surface area contributed by atoms with Gasteiger partial charge < -0.3 is 19.0 Å². The van der Waals surface area contributed by atoms with Gasteiger partial charge in [-0.3, -0.25) is 0 Å². The molecule has 108 valence electrons. The van der Waals surface area contributed by atoms with Crippen molar-refractivity contribution in [2.24, 2.45) is 0 Å². The summed E-state index contributed by atoms with van der Waals surface area (Å²) in [5.41, 5.74) is 3.16. The van der Waals surface area contributed by atoms with Crippen molar-refractivity contribution in [1.29, 1.82) is 0 Å². The third kappa shape index (κ3) is 2.21. The van der Waals surface area contributed by atoms with Gasteiger partial charge in [-0.1, -0.05) is 6.07 Å². The molecule has 1 N–H and O–H groups in total. The first-order chi connectivity index (χ1) is 10.3. The molecular formula is C16H16N2O3. The minimum absolute atomic E-state index is 0.0884. The number of imidazole rings is 1. The normalized spacial score (nSPS) is 10.8. The lowest BCUT2D eigenvalue weighted by atomic mass is 10.1. The summed E-state index contributed by atoms with van der Waals surface area (Å²) in [6.45, 7) is -0.0884. The number of ether oxygens (including phenoxy) is 2. The average molecular weight is 284 g/mol. The Morgan fingerprint density at radius 1 is 1.10 bits per heavy atom. The monoisotopic (exact) mass is 284 g/mol. The van der Waals surface area contributed by atoms with Crippen LogP contribution in [-0.2, 0) is 6.61 Å². The molecule has 0 aliphatic heterocycles. The number of aliphatic hydroxyl groups is 1. The standard InChI is InChI=1S/C16H16N2O3/c1-20-13-7-6-11(9-14(13)21-2)16-12(10-19)18-8-4-3-5-15(18)17-16/h3-9,19H,10H2,1-2H3. The molecule has 3 rings (SSSR count). The Morgan fingerprint density at radius 3 is 2.62 bits per heavy atom. The van der Waals surface area contributed by atoms with E-state index in [1.54, 1.807) is 14.2 Å². The molecule has 0 saturated carbocycles. The molecule has 0 saturated heterocycles. The van der Waals surface area contributed by atoms with Crippen molar-refractivity contribution in [1.82, 2.24) is 9.38 Å². The molecular weight excluding hydrogens is 268 g/mol. The van der Waals surface area contributed by atoms with Gasteiger partial charge in [0.25, 0.3) is 0 Å². The zero-order valence-electron chi connectivity index (χ0n) is 11.9. The highest BCUT2D eigenvalue weighted by atomic mass is 16.5. The average Bonchev–Trinajstić information content (AvgIpc) is 2.92. The Morgan fingerprint density at radius 2 is 1.90 bits per heavy atom. The van der Waals surface area contributed by atoms with Gasteiger partial charge in [0, 0.05) is 11.8 Å². The van der Waals surface area contributed by atoms with E-state index in [9.17, 15) is 5.11 Å². The molecule has 5 heteroatoms. The Bertz CT molecular complexity index is 780. The van der Waals surface area contributed by atoms with Crippen LogP contribution in [0.3, 0.4) is 0 Å². The molecule has 1 aromatic carbocycles. The zero-order valence-corrected chi connectivity index (χ0v) is 11.9. The second-order valence-electron chi connectivity index (χ2n) is 4.56. The fourth-order valence-electron chi connectivity index (χ4n) is 2.41. The maximum Gasteiger partial charge on any atom is 0.161 e. The molecule has 0 fully saturated rings. The van der Waals surface area contributed by atoms with Gasteiger partial charge in [-0.05, 0) is 30.3 Å². The quantitative estimate of drug-likeness (QED) is 0.800. The molecule has 0 bridgehead atoms. The summed E-state index contributed by atoms with van der Waals surface area (Å²) in [7, 11) is 3.19. The van der Waals surface area contributed by atoms with Gasteiger partial charge in [0.1, 0.15) is 5.65 Å². The predicted octanol–water partition coefficient (Wildman–Crippen LogP) is 2.51. The van der Waals surface area contributed by atoms with Gasteiger partial charge in [-0.25, -0.2) is 4.98 Å². The molecule has 0 aliphatic rings. The molecule has 0 unspecified atom stereocenters. The summed E-state index contributed by atoms with van der Waals surface area (Å²) in [5.74, 6) is 1.30. The van der Waals surface area contributed by atoms with E-state index in [0.29, 0.717) is 11.5 Å². The summed E-state index contributed by atoms with van der Waals surface area (Å²) < 4.78 is 12.4. The van der Waals surface area contributed by atoms with Gasteiger partial charge in [-0.2, -0.15) is 0 Å². The number of hydrogen-bond donors (Lipinski definition) is 1. The second-order valence-corrected chi connectivity index (χ2v) is 4.56. The third-order valence-electron chi connectivity index (χ3n) is 3.44. The molecule has 0 amide bonds.